The van der Waals surface area contributed by atoms with Gasteiger partial charge in [-0.2, -0.15) is 4.31 Å². The Labute approximate surface area is 219 Å². The highest BCUT2D eigenvalue weighted by Gasteiger charge is 2.33. The molecule has 2 aromatic carbocycles. The van der Waals surface area contributed by atoms with E-state index in [4.69, 9.17) is 11.6 Å². The molecule has 0 heterocycles. The number of nitrogens with zero attached hydrogens (tertiary/aromatic N) is 2. The predicted octanol–water partition coefficient (Wildman–Crippen LogP) is 4.53. The van der Waals surface area contributed by atoms with Crippen LogP contribution in [0, 0.1) is 6.92 Å². The van der Waals surface area contributed by atoms with E-state index in [0.29, 0.717) is 11.4 Å². The molecule has 0 aliphatic heterocycles. The van der Waals surface area contributed by atoms with Crippen molar-refractivity contribution in [1.82, 2.24) is 14.5 Å². The van der Waals surface area contributed by atoms with Gasteiger partial charge in [-0.3, -0.25) is 9.59 Å². The molecule has 1 N–H and O–H groups in total. The van der Waals surface area contributed by atoms with Crippen molar-refractivity contribution in [1.29, 1.82) is 0 Å². The maximum absolute atomic E-state index is 13.6. The van der Waals surface area contributed by atoms with E-state index in [1.54, 1.807) is 0 Å². The third-order valence-electron chi connectivity index (χ3n) is 6.82. The summed E-state index contributed by atoms with van der Waals surface area (Å²) in [7, 11) is -2.54. The second kappa shape index (κ2) is 12.7. The number of carbonyl (C=O) groups excluding carboxylic acids is 2. The van der Waals surface area contributed by atoms with Gasteiger partial charge in [0.2, 0.25) is 21.8 Å². The number of likely N-dealkylation sites (N-methyl/N-ethyl adjacent to an activating group) is 1. The Kier molecular flexibility index (Phi) is 9.93. The summed E-state index contributed by atoms with van der Waals surface area (Å²) in [6.07, 6.45) is 5.65. The summed E-state index contributed by atoms with van der Waals surface area (Å²) in [6.45, 7) is 3.66. The number of amides is 2. The van der Waals surface area contributed by atoms with E-state index in [1.165, 1.54) is 42.6 Å². The minimum atomic E-state index is -3.91. The van der Waals surface area contributed by atoms with Crippen molar-refractivity contribution >= 4 is 33.4 Å². The first-order valence-corrected chi connectivity index (χ1v) is 14.3. The van der Waals surface area contributed by atoms with Gasteiger partial charge >= 0.3 is 0 Å². The van der Waals surface area contributed by atoms with Gasteiger partial charge < -0.3 is 10.2 Å². The van der Waals surface area contributed by atoms with Crippen LogP contribution in [0.15, 0.2) is 53.4 Å². The van der Waals surface area contributed by atoms with Gasteiger partial charge in [-0.05, 0) is 61.6 Å². The molecule has 1 fully saturated rings. The molecule has 1 aliphatic rings. The number of halogens is 1. The first-order chi connectivity index (χ1) is 17.1. The quantitative estimate of drug-likeness (QED) is 0.486. The van der Waals surface area contributed by atoms with Crippen molar-refractivity contribution in [3.05, 3.63) is 64.7 Å². The summed E-state index contributed by atoms with van der Waals surface area (Å²) < 4.78 is 27.2. The van der Waals surface area contributed by atoms with E-state index >= 15 is 0 Å². The van der Waals surface area contributed by atoms with Crippen LogP contribution in [0.5, 0.6) is 0 Å². The van der Waals surface area contributed by atoms with Crippen LogP contribution >= 0.6 is 11.6 Å². The fourth-order valence-corrected chi connectivity index (χ4v) is 5.83. The number of hydrogen-bond acceptors (Lipinski definition) is 4. The molecule has 0 bridgehead atoms. The number of nitrogens with one attached hydrogen (secondary N) is 1. The van der Waals surface area contributed by atoms with Gasteiger partial charge in [0.15, 0.2) is 0 Å². The third-order valence-corrected chi connectivity index (χ3v) is 8.89. The van der Waals surface area contributed by atoms with Gasteiger partial charge in [0.1, 0.15) is 6.04 Å². The fourth-order valence-electron chi connectivity index (χ4n) is 4.59. The predicted molar refractivity (Wildman–Crippen MR) is 142 cm³/mol. The average molecular weight is 534 g/mol. The van der Waals surface area contributed by atoms with Crippen LogP contribution in [0.3, 0.4) is 0 Å². The Morgan fingerprint density at radius 2 is 1.69 bits per heavy atom. The SMILES string of the molecule is CCC(C(=O)NC1CCCCC1)N(Cc1ccccc1C)C(=O)CN(C)S(=O)(=O)c1ccc(Cl)cc1. The molecule has 0 saturated heterocycles. The molecule has 36 heavy (non-hydrogen) atoms. The number of hydrogen-bond donors (Lipinski definition) is 1. The van der Waals surface area contributed by atoms with Crippen LogP contribution in [0.2, 0.25) is 5.02 Å². The Hall–Kier alpha value is -2.42. The van der Waals surface area contributed by atoms with Crippen molar-refractivity contribution in [3.8, 4) is 0 Å². The number of carbonyl (C=O) groups is 2. The fraction of sp³-hybridized carbons (Fsp3) is 0.481. The molecule has 1 saturated carbocycles. The van der Waals surface area contributed by atoms with Crippen LogP contribution < -0.4 is 5.32 Å². The standard InChI is InChI=1S/C27H36ClN3O4S/c1-4-25(27(33)29-23-12-6-5-7-13-23)31(18-21-11-9-8-10-20(21)2)26(32)19-30(3)36(34,35)24-16-14-22(28)15-17-24/h8-11,14-17,23,25H,4-7,12-13,18-19H2,1-3H3,(H,29,33). The van der Waals surface area contributed by atoms with Gasteiger partial charge in [-0.25, -0.2) is 8.42 Å². The minimum Gasteiger partial charge on any atom is -0.352 e. The second-order valence-corrected chi connectivity index (χ2v) is 11.9. The topological polar surface area (TPSA) is 86.8 Å². The monoisotopic (exact) mass is 533 g/mol. The van der Waals surface area contributed by atoms with Gasteiger partial charge in [0.25, 0.3) is 0 Å². The lowest BCUT2D eigenvalue weighted by atomic mass is 9.95. The van der Waals surface area contributed by atoms with E-state index in [9.17, 15) is 18.0 Å². The minimum absolute atomic E-state index is 0.0507. The van der Waals surface area contributed by atoms with Gasteiger partial charge in [-0.1, -0.05) is 62.1 Å². The van der Waals surface area contributed by atoms with Crippen molar-refractivity contribution in [3.63, 3.8) is 0 Å². The van der Waals surface area contributed by atoms with Crippen molar-refractivity contribution in [2.24, 2.45) is 0 Å². The van der Waals surface area contributed by atoms with Crippen LogP contribution in [0.1, 0.15) is 56.6 Å². The van der Waals surface area contributed by atoms with Crippen LogP contribution in [0.4, 0.5) is 0 Å². The molecule has 0 spiro atoms. The smallest absolute Gasteiger partial charge is 0.243 e. The van der Waals surface area contributed by atoms with Crippen LogP contribution in [0.25, 0.3) is 0 Å². The number of sulfonamides is 1. The van der Waals surface area contributed by atoms with E-state index in [2.05, 4.69) is 5.32 Å². The molecule has 7 nitrogen and oxygen atoms in total. The zero-order valence-electron chi connectivity index (χ0n) is 21.2. The van der Waals surface area contributed by atoms with E-state index in [-0.39, 0.29) is 29.9 Å². The number of aryl methyl sites for hydroxylation is 1. The Balaban J connectivity index is 1.84. The largest absolute Gasteiger partial charge is 0.352 e. The van der Waals surface area contributed by atoms with Gasteiger partial charge in [0, 0.05) is 24.7 Å². The zero-order chi connectivity index (χ0) is 26.3. The molecule has 2 amide bonds. The number of benzene rings is 2. The van der Waals surface area contributed by atoms with E-state index in [1.807, 2.05) is 38.1 Å². The third kappa shape index (κ3) is 7.08. The van der Waals surface area contributed by atoms with E-state index in [0.717, 1.165) is 41.1 Å². The molecule has 0 aromatic heterocycles. The molecule has 1 atom stereocenters. The lowest BCUT2D eigenvalue weighted by molar-refractivity contribution is -0.141. The molecule has 1 unspecified atom stereocenters. The summed E-state index contributed by atoms with van der Waals surface area (Å²) in [5.41, 5.74) is 1.91. The highest BCUT2D eigenvalue weighted by atomic mass is 35.5. The van der Waals surface area contributed by atoms with Crippen molar-refractivity contribution in [2.75, 3.05) is 13.6 Å². The summed E-state index contributed by atoms with van der Waals surface area (Å²) in [5, 5.41) is 3.57. The maximum Gasteiger partial charge on any atom is 0.243 e. The average Bonchev–Trinajstić information content (AvgIpc) is 2.85. The molecule has 1 aliphatic carbocycles. The molecule has 3 rings (SSSR count). The lowest BCUT2D eigenvalue weighted by Gasteiger charge is -2.34. The molecule has 196 valence electrons. The summed E-state index contributed by atoms with van der Waals surface area (Å²) in [4.78, 5) is 28.5. The maximum atomic E-state index is 13.6. The zero-order valence-corrected chi connectivity index (χ0v) is 22.8. The van der Waals surface area contributed by atoms with Crippen molar-refractivity contribution < 1.29 is 18.0 Å². The Bertz CT molecular complexity index is 1150. The molecule has 2 aromatic rings. The number of rotatable bonds is 10. The van der Waals surface area contributed by atoms with E-state index < -0.39 is 22.0 Å². The molecule has 0 radical (unpaired) electrons. The molecule has 9 heteroatoms. The van der Waals surface area contributed by atoms with Gasteiger partial charge in [0.05, 0.1) is 11.4 Å². The normalized spacial score (nSPS) is 15.5. The summed E-state index contributed by atoms with van der Waals surface area (Å²) >= 11 is 5.90. The lowest BCUT2D eigenvalue weighted by Crippen LogP contribution is -2.53. The first-order valence-electron chi connectivity index (χ1n) is 12.5. The second-order valence-electron chi connectivity index (χ2n) is 9.43. The Morgan fingerprint density at radius 3 is 2.31 bits per heavy atom. The Morgan fingerprint density at radius 1 is 1.06 bits per heavy atom. The van der Waals surface area contributed by atoms with Crippen LogP contribution in [-0.4, -0.2) is 55.1 Å². The van der Waals surface area contributed by atoms with Crippen LogP contribution in [-0.2, 0) is 26.2 Å². The highest BCUT2D eigenvalue weighted by Crippen LogP contribution is 2.21. The molecular formula is C27H36ClN3O4S. The highest BCUT2D eigenvalue weighted by molar-refractivity contribution is 7.89. The summed E-state index contributed by atoms with van der Waals surface area (Å²) in [6, 6.07) is 12.9. The van der Waals surface area contributed by atoms with Gasteiger partial charge in [-0.15, -0.1) is 0 Å². The molecular weight excluding hydrogens is 498 g/mol. The summed E-state index contributed by atoms with van der Waals surface area (Å²) in [5.74, 6) is -0.613. The first kappa shape index (κ1) is 28.2. The van der Waals surface area contributed by atoms with Crippen molar-refractivity contribution in [2.45, 2.75) is 75.9 Å².